The minimum absolute atomic E-state index is 0. The molecule has 2 aromatic heterocycles. The van der Waals surface area contributed by atoms with Crippen molar-refractivity contribution in [1.29, 1.82) is 0 Å². The van der Waals surface area contributed by atoms with Crippen LogP contribution in [0.2, 0.25) is 0 Å². The zero-order chi connectivity index (χ0) is 15.9. The maximum absolute atomic E-state index is 5.18. The van der Waals surface area contributed by atoms with Gasteiger partial charge in [-0.05, 0) is 48.6 Å². The van der Waals surface area contributed by atoms with E-state index in [1.54, 1.807) is 18.4 Å². The van der Waals surface area contributed by atoms with Gasteiger partial charge in [0.25, 0.3) is 0 Å². The van der Waals surface area contributed by atoms with Crippen LogP contribution in [0.3, 0.4) is 0 Å². The van der Waals surface area contributed by atoms with Gasteiger partial charge in [0.05, 0.1) is 5.69 Å². The van der Waals surface area contributed by atoms with Crippen LogP contribution in [-0.4, -0.2) is 31.3 Å². The second-order valence-electron chi connectivity index (χ2n) is 5.39. The van der Waals surface area contributed by atoms with Crippen LogP contribution < -0.4 is 10.6 Å². The summed E-state index contributed by atoms with van der Waals surface area (Å²) in [7, 11) is 1.79. The van der Waals surface area contributed by atoms with Crippen molar-refractivity contribution in [2.75, 3.05) is 20.1 Å². The van der Waals surface area contributed by atoms with Crippen molar-refractivity contribution in [2.45, 2.75) is 33.1 Å². The van der Waals surface area contributed by atoms with Gasteiger partial charge in [-0.2, -0.15) is 11.3 Å². The van der Waals surface area contributed by atoms with Gasteiger partial charge in [-0.25, -0.2) is 0 Å². The summed E-state index contributed by atoms with van der Waals surface area (Å²) in [6.45, 7) is 7.80. The summed E-state index contributed by atoms with van der Waals surface area (Å²) in [4.78, 5) is 4.26. The molecule has 0 saturated carbocycles. The van der Waals surface area contributed by atoms with E-state index in [9.17, 15) is 0 Å². The quantitative estimate of drug-likeness (QED) is 0.404. The number of aliphatic imine (C=N–C) groups is 1. The minimum Gasteiger partial charge on any atom is -0.361 e. The molecule has 2 heterocycles. The van der Waals surface area contributed by atoms with E-state index in [0.717, 1.165) is 36.9 Å². The minimum atomic E-state index is 0. The average molecular weight is 448 g/mol. The summed E-state index contributed by atoms with van der Waals surface area (Å²) in [5.74, 6) is 2.19. The third kappa shape index (κ3) is 5.80. The summed E-state index contributed by atoms with van der Waals surface area (Å²) in [6.07, 6.45) is 0.877. The lowest BCUT2D eigenvalue weighted by Crippen LogP contribution is -2.39. The van der Waals surface area contributed by atoms with E-state index in [1.807, 2.05) is 13.8 Å². The summed E-state index contributed by atoms with van der Waals surface area (Å²) < 4.78 is 5.18. The molecule has 0 amide bonds. The normalized spacial score (nSPS) is 12.6. The first-order valence-electron chi connectivity index (χ1n) is 7.50. The Morgan fingerprint density at radius 2 is 2.17 bits per heavy atom. The molecule has 0 aromatic carbocycles. The van der Waals surface area contributed by atoms with Gasteiger partial charge >= 0.3 is 0 Å². The molecule has 2 rings (SSSR count). The summed E-state index contributed by atoms with van der Waals surface area (Å²) >= 11 is 1.73. The lowest BCUT2D eigenvalue weighted by Gasteiger charge is -2.15. The fourth-order valence-corrected chi connectivity index (χ4v) is 3.09. The fourth-order valence-electron chi connectivity index (χ4n) is 2.31. The Morgan fingerprint density at radius 3 is 2.74 bits per heavy atom. The van der Waals surface area contributed by atoms with Crippen LogP contribution in [0.4, 0.5) is 0 Å². The average Bonchev–Trinajstić information content (AvgIpc) is 3.15. The highest BCUT2D eigenvalue weighted by Crippen LogP contribution is 2.17. The second kappa shape index (κ2) is 9.92. The third-order valence-corrected chi connectivity index (χ3v) is 4.46. The lowest BCUT2D eigenvalue weighted by molar-refractivity contribution is 0.392. The first kappa shape index (κ1) is 20.0. The van der Waals surface area contributed by atoms with Crippen LogP contribution in [0.25, 0.3) is 0 Å². The lowest BCUT2D eigenvalue weighted by atomic mass is 10.1. The largest absolute Gasteiger partial charge is 0.361 e. The van der Waals surface area contributed by atoms with Crippen molar-refractivity contribution in [1.82, 2.24) is 15.8 Å². The molecule has 0 saturated heterocycles. The van der Waals surface area contributed by atoms with Crippen molar-refractivity contribution in [3.63, 3.8) is 0 Å². The van der Waals surface area contributed by atoms with Crippen molar-refractivity contribution >= 4 is 41.3 Å². The first-order chi connectivity index (χ1) is 10.6. The van der Waals surface area contributed by atoms with Gasteiger partial charge in [-0.1, -0.05) is 12.1 Å². The fraction of sp³-hybridized carbons (Fsp3) is 0.500. The van der Waals surface area contributed by atoms with Gasteiger partial charge in [0.1, 0.15) is 5.76 Å². The number of thiophene rings is 1. The van der Waals surface area contributed by atoms with E-state index in [-0.39, 0.29) is 24.0 Å². The van der Waals surface area contributed by atoms with Gasteiger partial charge in [0.2, 0.25) is 0 Å². The van der Waals surface area contributed by atoms with Gasteiger partial charge in [-0.15, -0.1) is 24.0 Å². The number of aryl methyl sites for hydroxylation is 2. The highest BCUT2D eigenvalue weighted by atomic mass is 127. The zero-order valence-electron chi connectivity index (χ0n) is 14.0. The molecule has 2 aromatic rings. The predicted octanol–water partition coefficient (Wildman–Crippen LogP) is 3.48. The van der Waals surface area contributed by atoms with Crippen molar-refractivity contribution in [3.05, 3.63) is 39.4 Å². The van der Waals surface area contributed by atoms with E-state index < -0.39 is 0 Å². The number of hydrogen-bond donors (Lipinski definition) is 2. The predicted molar refractivity (Wildman–Crippen MR) is 107 cm³/mol. The molecule has 0 aliphatic carbocycles. The molecule has 1 atom stereocenters. The molecule has 0 aliphatic heterocycles. The number of halogens is 1. The van der Waals surface area contributed by atoms with Gasteiger partial charge in [0.15, 0.2) is 5.96 Å². The molecule has 0 bridgehead atoms. The number of guanidine groups is 1. The highest BCUT2D eigenvalue weighted by Gasteiger charge is 2.09. The Morgan fingerprint density at radius 1 is 1.39 bits per heavy atom. The molecular weight excluding hydrogens is 423 g/mol. The summed E-state index contributed by atoms with van der Waals surface area (Å²) in [5.41, 5.74) is 3.51. The zero-order valence-corrected chi connectivity index (χ0v) is 17.2. The van der Waals surface area contributed by atoms with E-state index >= 15 is 0 Å². The van der Waals surface area contributed by atoms with Gasteiger partial charge in [0, 0.05) is 25.7 Å². The molecule has 5 nitrogen and oxygen atoms in total. The van der Waals surface area contributed by atoms with Gasteiger partial charge < -0.3 is 15.2 Å². The van der Waals surface area contributed by atoms with Gasteiger partial charge in [-0.3, -0.25) is 4.99 Å². The standard InChI is InChI=1S/C16H24N4OS.HI/c1-11(14-6-8-22-10-14)9-19-16(17-4)18-7-5-15-12(2)20-21-13(15)3;/h6,8,10-11H,5,7,9H2,1-4H3,(H2,17,18,19);1H. The Kier molecular flexibility index (Phi) is 8.60. The van der Waals surface area contributed by atoms with Crippen LogP contribution in [0, 0.1) is 13.8 Å². The summed E-state index contributed by atoms with van der Waals surface area (Å²) in [5, 5.41) is 15.0. The van der Waals surface area contributed by atoms with E-state index in [1.165, 1.54) is 11.1 Å². The Bertz CT molecular complexity index is 590. The molecule has 7 heteroatoms. The molecule has 0 aliphatic rings. The van der Waals surface area contributed by atoms with Crippen molar-refractivity contribution in [3.8, 4) is 0 Å². The second-order valence-corrected chi connectivity index (χ2v) is 6.17. The monoisotopic (exact) mass is 448 g/mol. The molecule has 0 radical (unpaired) electrons. The Labute approximate surface area is 159 Å². The topological polar surface area (TPSA) is 62.5 Å². The molecular formula is C16H25IN4OS. The van der Waals surface area contributed by atoms with Crippen molar-refractivity contribution < 1.29 is 4.52 Å². The Balaban J connectivity index is 0.00000264. The van der Waals surface area contributed by atoms with E-state index in [2.05, 4.69) is 44.5 Å². The SMILES string of the molecule is CN=C(NCCc1c(C)noc1C)NCC(C)c1ccsc1.I. The third-order valence-electron chi connectivity index (χ3n) is 3.76. The molecule has 0 spiro atoms. The molecule has 1 unspecified atom stereocenters. The van der Waals surface area contributed by atoms with Crippen LogP contribution in [0.1, 0.15) is 35.4 Å². The summed E-state index contributed by atoms with van der Waals surface area (Å²) in [6, 6.07) is 2.17. The number of aromatic nitrogens is 1. The highest BCUT2D eigenvalue weighted by molar-refractivity contribution is 14.0. The maximum atomic E-state index is 5.18. The number of hydrogen-bond acceptors (Lipinski definition) is 4. The Hall–Kier alpha value is -1.09. The van der Waals surface area contributed by atoms with E-state index in [4.69, 9.17) is 4.52 Å². The van der Waals surface area contributed by atoms with Crippen LogP contribution in [0.5, 0.6) is 0 Å². The number of rotatable bonds is 6. The number of nitrogens with one attached hydrogen (secondary N) is 2. The molecule has 0 fully saturated rings. The van der Waals surface area contributed by atoms with Crippen LogP contribution >= 0.6 is 35.3 Å². The first-order valence-corrected chi connectivity index (χ1v) is 8.44. The molecule has 128 valence electrons. The molecule has 2 N–H and O–H groups in total. The number of nitrogens with zero attached hydrogens (tertiary/aromatic N) is 2. The maximum Gasteiger partial charge on any atom is 0.191 e. The van der Waals surface area contributed by atoms with Crippen LogP contribution in [-0.2, 0) is 6.42 Å². The smallest absolute Gasteiger partial charge is 0.191 e. The molecule has 23 heavy (non-hydrogen) atoms. The van der Waals surface area contributed by atoms with E-state index in [0.29, 0.717) is 5.92 Å². The van der Waals surface area contributed by atoms with Crippen LogP contribution in [0.15, 0.2) is 26.3 Å². The van der Waals surface area contributed by atoms with Crippen molar-refractivity contribution in [2.24, 2.45) is 4.99 Å².